The molecule has 0 saturated heterocycles. The maximum Gasteiger partial charge on any atom is 0.264 e. The summed E-state index contributed by atoms with van der Waals surface area (Å²) in [7, 11) is -2.52. The normalized spacial score (nSPS) is 11.2. The van der Waals surface area contributed by atoms with Crippen molar-refractivity contribution in [3.63, 3.8) is 0 Å². The summed E-state index contributed by atoms with van der Waals surface area (Å²) in [6.07, 6.45) is 1.42. The highest BCUT2D eigenvalue weighted by molar-refractivity contribution is 7.92. The van der Waals surface area contributed by atoms with Crippen LogP contribution in [0.3, 0.4) is 0 Å². The SMILES string of the molecule is COc1ccccc1NC(=O)COc1ccc(/C=N\NC(=O)CN(c2ccc(C)cc2C)S(=O)(=O)c2ccc(C)cc2)cc1. The minimum Gasteiger partial charge on any atom is -0.495 e. The highest BCUT2D eigenvalue weighted by Gasteiger charge is 2.28. The summed E-state index contributed by atoms with van der Waals surface area (Å²) in [6.45, 7) is 4.91. The smallest absolute Gasteiger partial charge is 0.264 e. The summed E-state index contributed by atoms with van der Waals surface area (Å²) < 4.78 is 39.1. The molecule has 11 heteroatoms. The zero-order valence-corrected chi connectivity index (χ0v) is 25.7. The van der Waals surface area contributed by atoms with E-state index in [0.717, 1.165) is 21.0 Å². The van der Waals surface area contributed by atoms with Crippen LogP contribution in [0.2, 0.25) is 0 Å². The predicted octanol–water partition coefficient (Wildman–Crippen LogP) is 4.98. The number of hydrogen-bond donors (Lipinski definition) is 2. The van der Waals surface area contributed by atoms with Crippen molar-refractivity contribution in [2.75, 3.05) is 29.9 Å². The molecule has 44 heavy (non-hydrogen) atoms. The van der Waals surface area contributed by atoms with Crippen LogP contribution in [0.25, 0.3) is 0 Å². The number of anilines is 2. The lowest BCUT2D eigenvalue weighted by Crippen LogP contribution is -2.40. The van der Waals surface area contributed by atoms with E-state index in [4.69, 9.17) is 9.47 Å². The molecule has 10 nitrogen and oxygen atoms in total. The van der Waals surface area contributed by atoms with Gasteiger partial charge < -0.3 is 14.8 Å². The fourth-order valence-electron chi connectivity index (χ4n) is 4.30. The minimum atomic E-state index is -4.04. The second-order valence-corrected chi connectivity index (χ2v) is 11.9. The Labute approximate surface area is 257 Å². The summed E-state index contributed by atoms with van der Waals surface area (Å²) >= 11 is 0. The fourth-order valence-corrected chi connectivity index (χ4v) is 5.79. The van der Waals surface area contributed by atoms with Crippen molar-refractivity contribution in [2.24, 2.45) is 5.10 Å². The Morgan fingerprint density at radius 2 is 1.55 bits per heavy atom. The molecule has 4 aromatic carbocycles. The number of rotatable bonds is 12. The van der Waals surface area contributed by atoms with Crippen LogP contribution in [-0.2, 0) is 19.6 Å². The van der Waals surface area contributed by atoms with Gasteiger partial charge in [0.05, 0.1) is 29.6 Å². The van der Waals surface area contributed by atoms with Gasteiger partial charge in [0.25, 0.3) is 21.8 Å². The summed E-state index contributed by atoms with van der Waals surface area (Å²) in [5.74, 6) is 0.0503. The standard InChI is InChI=1S/C33H34N4O6S/c1-23-9-16-28(17-10-23)44(40,41)37(30-18-11-24(2)19-25(30)3)21-32(38)36-34-20-26-12-14-27(15-13-26)43-22-33(39)35-29-7-5-6-8-31(29)42-4/h5-20H,21-22H2,1-4H3,(H,35,39)(H,36,38)/b34-20-. The van der Waals surface area contributed by atoms with Crippen molar-refractivity contribution in [1.29, 1.82) is 0 Å². The third-order valence-electron chi connectivity index (χ3n) is 6.55. The number of methoxy groups -OCH3 is 1. The number of para-hydroxylation sites is 2. The van der Waals surface area contributed by atoms with Crippen LogP contribution >= 0.6 is 0 Å². The Morgan fingerprint density at radius 1 is 0.864 bits per heavy atom. The van der Waals surface area contributed by atoms with Gasteiger partial charge in [-0.3, -0.25) is 13.9 Å². The van der Waals surface area contributed by atoms with Gasteiger partial charge in [0.2, 0.25) is 0 Å². The number of nitrogens with one attached hydrogen (secondary N) is 2. The Balaban J connectivity index is 1.37. The third kappa shape index (κ3) is 8.23. The lowest BCUT2D eigenvalue weighted by atomic mass is 10.1. The number of hydrazone groups is 1. The molecule has 0 radical (unpaired) electrons. The Kier molecular flexibility index (Phi) is 10.4. The highest BCUT2D eigenvalue weighted by atomic mass is 32.2. The Morgan fingerprint density at radius 3 is 2.23 bits per heavy atom. The Bertz CT molecular complexity index is 1750. The van der Waals surface area contributed by atoms with Crippen molar-refractivity contribution < 1.29 is 27.5 Å². The van der Waals surface area contributed by atoms with E-state index in [1.165, 1.54) is 25.5 Å². The summed E-state index contributed by atoms with van der Waals surface area (Å²) in [6, 6.07) is 25.6. The lowest BCUT2D eigenvalue weighted by Gasteiger charge is -2.25. The van der Waals surface area contributed by atoms with E-state index in [9.17, 15) is 18.0 Å². The zero-order valence-electron chi connectivity index (χ0n) is 24.9. The third-order valence-corrected chi connectivity index (χ3v) is 8.33. The van der Waals surface area contributed by atoms with Crippen LogP contribution < -0.4 is 24.5 Å². The molecule has 0 aromatic heterocycles. The molecule has 0 fully saturated rings. The van der Waals surface area contributed by atoms with Gasteiger partial charge in [-0.25, -0.2) is 13.8 Å². The molecule has 0 heterocycles. The first-order valence-electron chi connectivity index (χ1n) is 13.7. The molecule has 4 rings (SSSR count). The van der Waals surface area contributed by atoms with Gasteiger partial charge in [-0.1, -0.05) is 47.5 Å². The molecular formula is C33H34N4O6S. The summed E-state index contributed by atoms with van der Waals surface area (Å²) in [4.78, 5) is 25.3. The molecule has 2 N–H and O–H groups in total. The van der Waals surface area contributed by atoms with E-state index in [1.54, 1.807) is 79.7 Å². The number of nitrogens with zero attached hydrogens (tertiary/aromatic N) is 2. The maximum atomic E-state index is 13.6. The van der Waals surface area contributed by atoms with Crippen LogP contribution in [0.5, 0.6) is 11.5 Å². The number of benzene rings is 4. The Hall–Kier alpha value is -5.16. The van der Waals surface area contributed by atoms with E-state index in [1.807, 2.05) is 19.9 Å². The van der Waals surface area contributed by atoms with Crippen LogP contribution in [0, 0.1) is 20.8 Å². The van der Waals surface area contributed by atoms with E-state index < -0.39 is 22.5 Å². The van der Waals surface area contributed by atoms with Crippen LogP contribution in [-0.4, -0.2) is 46.7 Å². The molecule has 0 bridgehead atoms. The molecule has 0 aliphatic carbocycles. The molecule has 0 unspecified atom stereocenters. The van der Waals surface area contributed by atoms with Gasteiger partial charge in [0.1, 0.15) is 18.0 Å². The van der Waals surface area contributed by atoms with Gasteiger partial charge in [0, 0.05) is 0 Å². The molecule has 0 atom stereocenters. The number of aryl methyl sites for hydroxylation is 3. The zero-order chi connectivity index (χ0) is 31.7. The summed E-state index contributed by atoms with van der Waals surface area (Å²) in [5, 5.41) is 6.74. The largest absolute Gasteiger partial charge is 0.495 e. The first-order valence-corrected chi connectivity index (χ1v) is 15.1. The van der Waals surface area contributed by atoms with Crippen LogP contribution in [0.4, 0.5) is 11.4 Å². The van der Waals surface area contributed by atoms with Crippen molar-refractivity contribution >= 4 is 39.4 Å². The van der Waals surface area contributed by atoms with Gasteiger partial charge >= 0.3 is 0 Å². The quantitative estimate of drug-likeness (QED) is 0.171. The van der Waals surface area contributed by atoms with E-state index in [-0.39, 0.29) is 17.4 Å². The molecule has 0 aliphatic heterocycles. The first kappa shape index (κ1) is 31.8. The summed E-state index contributed by atoms with van der Waals surface area (Å²) in [5.41, 5.74) is 6.62. The van der Waals surface area contributed by atoms with Crippen molar-refractivity contribution in [1.82, 2.24) is 5.43 Å². The highest BCUT2D eigenvalue weighted by Crippen LogP contribution is 2.28. The molecule has 0 aliphatic rings. The fraction of sp³-hybridized carbons (Fsp3) is 0.182. The lowest BCUT2D eigenvalue weighted by molar-refractivity contribution is -0.119. The molecule has 4 aromatic rings. The molecule has 2 amide bonds. The van der Waals surface area contributed by atoms with Gasteiger partial charge in [-0.15, -0.1) is 0 Å². The van der Waals surface area contributed by atoms with Crippen molar-refractivity contribution in [3.8, 4) is 11.5 Å². The number of hydrogen-bond acceptors (Lipinski definition) is 7. The number of carbonyl (C=O) groups is 2. The van der Waals surface area contributed by atoms with Crippen molar-refractivity contribution in [3.05, 3.63) is 113 Å². The minimum absolute atomic E-state index is 0.0824. The second-order valence-electron chi connectivity index (χ2n) is 10.0. The van der Waals surface area contributed by atoms with Gasteiger partial charge in [-0.05, 0) is 86.5 Å². The van der Waals surface area contributed by atoms with Gasteiger partial charge in [-0.2, -0.15) is 5.10 Å². The van der Waals surface area contributed by atoms with Crippen LogP contribution in [0.15, 0.2) is 101 Å². The number of sulfonamides is 1. The average Bonchev–Trinajstić information content (AvgIpc) is 3.00. The number of amides is 2. The molecule has 228 valence electrons. The number of carbonyl (C=O) groups excluding carboxylic acids is 2. The number of ether oxygens (including phenoxy) is 2. The van der Waals surface area contributed by atoms with E-state index in [0.29, 0.717) is 28.4 Å². The predicted molar refractivity (Wildman–Crippen MR) is 171 cm³/mol. The molecule has 0 saturated carbocycles. The molecule has 0 spiro atoms. The van der Waals surface area contributed by atoms with Crippen molar-refractivity contribution in [2.45, 2.75) is 25.7 Å². The van der Waals surface area contributed by atoms with Crippen LogP contribution in [0.1, 0.15) is 22.3 Å². The van der Waals surface area contributed by atoms with E-state index >= 15 is 0 Å². The molecular weight excluding hydrogens is 580 g/mol. The second kappa shape index (κ2) is 14.3. The maximum absolute atomic E-state index is 13.6. The van der Waals surface area contributed by atoms with Gasteiger partial charge in [0.15, 0.2) is 6.61 Å². The first-order chi connectivity index (χ1) is 21.1. The van der Waals surface area contributed by atoms with E-state index in [2.05, 4.69) is 15.8 Å². The average molecular weight is 615 g/mol. The topological polar surface area (TPSA) is 126 Å². The monoisotopic (exact) mass is 614 g/mol.